The van der Waals surface area contributed by atoms with Gasteiger partial charge in [-0.05, 0) is 52.4 Å². The van der Waals surface area contributed by atoms with Crippen molar-refractivity contribution >= 4 is 80.1 Å². The molecule has 6 atom stereocenters. The number of fused-ring (bicyclic) bond motifs is 5. The first-order chi connectivity index (χ1) is 14.2. The van der Waals surface area contributed by atoms with Crippen LogP contribution >= 0.6 is 50.7 Å². The van der Waals surface area contributed by atoms with Crippen molar-refractivity contribution in [3.63, 3.8) is 0 Å². The van der Waals surface area contributed by atoms with Crippen LogP contribution < -0.4 is 5.32 Å². The molecular formula is C19H16BrCl3N2O5. The Hall–Kier alpha value is -1.35. The number of nitrogens with zero attached hydrogens (tertiary/aromatic N) is 1. The standard InChI is InChI=1S/C19H16BrCl3N2O5/c20-10-2-1-7(3-11(10)21)24-12(26)6-30-13(27)5-25-18(28)14-8-4-9(15(14)19(25)29)17(23)16(8)22/h1-3,8-9,14-17H,4-6H2,(H,24,26)/t8-,9-,14-,15-,16+,17+/m1/s1. The van der Waals surface area contributed by atoms with Gasteiger partial charge in [-0.25, -0.2) is 0 Å². The summed E-state index contributed by atoms with van der Waals surface area (Å²) < 4.78 is 5.60. The summed E-state index contributed by atoms with van der Waals surface area (Å²) in [5.41, 5.74) is 0.434. The molecule has 1 heterocycles. The average Bonchev–Trinajstić information content (AvgIpc) is 3.30. The van der Waals surface area contributed by atoms with Crippen LogP contribution in [0.5, 0.6) is 0 Å². The molecule has 2 saturated carbocycles. The fraction of sp³-hybridized carbons (Fsp3) is 0.474. The van der Waals surface area contributed by atoms with Gasteiger partial charge in [0.05, 0.1) is 27.6 Å². The zero-order valence-electron chi connectivity index (χ0n) is 15.3. The molecule has 30 heavy (non-hydrogen) atoms. The van der Waals surface area contributed by atoms with E-state index in [4.69, 9.17) is 39.5 Å². The molecule has 0 unspecified atom stereocenters. The lowest BCUT2D eigenvalue weighted by Crippen LogP contribution is -2.38. The van der Waals surface area contributed by atoms with E-state index >= 15 is 0 Å². The molecule has 4 rings (SSSR count). The van der Waals surface area contributed by atoms with E-state index in [0.29, 0.717) is 21.6 Å². The molecule has 1 saturated heterocycles. The third-order valence-electron chi connectivity index (χ3n) is 5.93. The van der Waals surface area contributed by atoms with Crippen molar-refractivity contribution in [2.45, 2.75) is 17.2 Å². The SMILES string of the molecule is O=C(COC(=O)CN1C(=O)[C@@H]2[C@H]3C[C@@H]([C@H](Cl)[C@H]3Cl)[C@H]2C1=O)Nc1ccc(Br)c(Cl)c1. The van der Waals surface area contributed by atoms with Crippen molar-refractivity contribution in [2.75, 3.05) is 18.5 Å². The third kappa shape index (κ3) is 3.72. The van der Waals surface area contributed by atoms with E-state index < -0.39 is 48.7 Å². The maximum atomic E-state index is 12.7. The smallest absolute Gasteiger partial charge is 0.326 e. The van der Waals surface area contributed by atoms with Crippen LogP contribution in [0.3, 0.4) is 0 Å². The molecule has 0 spiro atoms. The highest BCUT2D eigenvalue weighted by Gasteiger charge is 2.66. The topological polar surface area (TPSA) is 92.8 Å². The highest BCUT2D eigenvalue weighted by molar-refractivity contribution is 9.10. The van der Waals surface area contributed by atoms with Crippen LogP contribution in [0.2, 0.25) is 5.02 Å². The van der Waals surface area contributed by atoms with Crippen LogP contribution in [0.25, 0.3) is 0 Å². The van der Waals surface area contributed by atoms with Gasteiger partial charge < -0.3 is 10.1 Å². The summed E-state index contributed by atoms with van der Waals surface area (Å²) in [5, 5.41) is 2.22. The summed E-state index contributed by atoms with van der Waals surface area (Å²) in [4.78, 5) is 50.5. The van der Waals surface area contributed by atoms with Crippen molar-refractivity contribution < 1.29 is 23.9 Å². The van der Waals surface area contributed by atoms with E-state index in [1.807, 2.05) is 0 Å². The number of rotatable bonds is 5. The average molecular weight is 539 g/mol. The van der Waals surface area contributed by atoms with Crippen LogP contribution in [0, 0.1) is 23.7 Å². The van der Waals surface area contributed by atoms with Crippen molar-refractivity contribution in [3.05, 3.63) is 27.7 Å². The molecule has 0 radical (unpaired) electrons. The van der Waals surface area contributed by atoms with Crippen LogP contribution in [0.4, 0.5) is 5.69 Å². The highest BCUT2D eigenvalue weighted by atomic mass is 79.9. The van der Waals surface area contributed by atoms with Gasteiger partial charge in [0.25, 0.3) is 5.91 Å². The second kappa shape index (κ2) is 8.30. The molecule has 1 aromatic carbocycles. The molecule has 3 aliphatic rings. The molecule has 3 amide bonds. The quantitative estimate of drug-likeness (QED) is 0.354. The third-order valence-corrected chi connectivity index (χ3v) is 8.48. The number of likely N-dealkylation sites (tertiary alicyclic amines) is 1. The van der Waals surface area contributed by atoms with Gasteiger partial charge in [-0.2, -0.15) is 0 Å². The lowest BCUT2D eigenvalue weighted by atomic mass is 9.80. The molecule has 1 N–H and O–H groups in total. The van der Waals surface area contributed by atoms with Crippen LogP contribution in [0.1, 0.15) is 6.42 Å². The van der Waals surface area contributed by atoms with Crippen molar-refractivity contribution in [1.82, 2.24) is 4.90 Å². The largest absolute Gasteiger partial charge is 0.454 e. The monoisotopic (exact) mass is 536 g/mol. The van der Waals surface area contributed by atoms with Gasteiger partial charge in [-0.1, -0.05) is 11.6 Å². The minimum absolute atomic E-state index is 0.162. The fourth-order valence-electron chi connectivity index (χ4n) is 4.66. The number of amides is 3. The molecule has 11 heteroatoms. The zero-order chi connectivity index (χ0) is 21.7. The summed E-state index contributed by atoms with van der Waals surface area (Å²) in [7, 11) is 0. The molecule has 7 nitrogen and oxygen atoms in total. The summed E-state index contributed by atoms with van der Waals surface area (Å²) in [6, 6.07) is 4.82. The van der Waals surface area contributed by atoms with Gasteiger partial charge in [0.15, 0.2) is 6.61 Å². The summed E-state index contributed by atoms with van der Waals surface area (Å²) in [6.45, 7) is -1.10. The minimum Gasteiger partial charge on any atom is -0.454 e. The molecule has 2 aliphatic carbocycles. The number of benzene rings is 1. The number of hydrogen-bond donors (Lipinski definition) is 1. The highest BCUT2D eigenvalue weighted by Crippen LogP contribution is 2.59. The number of esters is 1. The predicted octanol–water partition coefficient (Wildman–Crippen LogP) is 3.05. The Morgan fingerprint density at radius 1 is 1.13 bits per heavy atom. The predicted molar refractivity (Wildman–Crippen MR) is 113 cm³/mol. The summed E-state index contributed by atoms with van der Waals surface area (Å²) in [5.74, 6) is -3.65. The second-order valence-corrected chi connectivity index (χ2v) is 9.87. The Morgan fingerprint density at radius 2 is 1.73 bits per heavy atom. The van der Waals surface area contributed by atoms with Crippen LogP contribution in [-0.2, 0) is 23.9 Å². The van der Waals surface area contributed by atoms with Crippen LogP contribution in [0.15, 0.2) is 22.7 Å². The normalized spacial score (nSPS) is 31.8. The summed E-state index contributed by atoms with van der Waals surface area (Å²) in [6.07, 6.45) is 0.647. The van der Waals surface area contributed by atoms with Gasteiger partial charge in [-0.15, -0.1) is 23.2 Å². The molecule has 160 valence electrons. The summed E-state index contributed by atoms with van der Waals surface area (Å²) >= 11 is 21.8. The zero-order valence-corrected chi connectivity index (χ0v) is 19.2. The van der Waals surface area contributed by atoms with Gasteiger partial charge in [0, 0.05) is 10.2 Å². The van der Waals surface area contributed by atoms with E-state index in [1.165, 1.54) is 6.07 Å². The number of anilines is 1. The fourth-order valence-corrected chi connectivity index (χ4v) is 5.98. The maximum Gasteiger partial charge on any atom is 0.326 e. The number of imide groups is 1. The first-order valence-electron chi connectivity index (χ1n) is 9.23. The number of halogens is 4. The molecular weight excluding hydrogens is 522 g/mol. The Morgan fingerprint density at radius 3 is 2.30 bits per heavy atom. The molecule has 1 aliphatic heterocycles. The maximum absolute atomic E-state index is 12.7. The van der Waals surface area contributed by atoms with Crippen molar-refractivity contribution in [2.24, 2.45) is 23.7 Å². The number of alkyl halides is 2. The van der Waals surface area contributed by atoms with E-state index in [1.54, 1.807) is 12.1 Å². The molecule has 3 fully saturated rings. The second-order valence-electron chi connectivity index (χ2n) is 7.60. The van der Waals surface area contributed by atoms with Crippen molar-refractivity contribution in [1.29, 1.82) is 0 Å². The number of nitrogens with one attached hydrogen (secondary N) is 1. The number of hydrogen-bond acceptors (Lipinski definition) is 5. The number of ether oxygens (including phenoxy) is 1. The lowest BCUT2D eigenvalue weighted by molar-refractivity contribution is -0.154. The van der Waals surface area contributed by atoms with E-state index in [9.17, 15) is 19.2 Å². The number of carbonyl (C=O) groups is 4. The van der Waals surface area contributed by atoms with Gasteiger partial charge in [0.2, 0.25) is 11.8 Å². The van der Waals surface area contributed by atoms with Crippen LogP contribution in [-0.4, -0.2) is 52.5 Å². The van der Waals surface area contributed by atoms with E-state index in [2.05, 4.69) is 21.2 Å². The Labute approximate surface area is 195 Å². The first kappa shape index (κ1) is 21.9. The molecule has 0 aromatic heterocycles. The molecule has 2 bridgehead atoms. The minimum atomic E-state index is -0.849. The Balaban J connectivity index is 1.31. The van der Waals surface area contributed by atoms with Gasteiger partial charge in [0.1, 0.15) is 6.54 Å². The van der Waals surface area contributed by atoms with Gasteiger partial charge in [-0.3, -0.25) is 24.1 Å². The Bertz CT molecular complexity index is 913. The van der Waals surface area contributed by atoms with Crippen molar-refractivity contribution in [3.8, 4) is 0 Å². The molecule has 1 aromatic rings. The Kier molecular flexibility index (Phi) is 6.05. The van der Waals surface area contributed by atoms with E-state index in [-0.39, 0.29) is 22.6 Å². The van der Waals surface area contributed by atoms with E-state index in [0.717, 1.165) is 4.90 Å². The first-order valence-corrected chi connectivity index (χ1v) is 11.3. The number of carbonyl (C=O) groups excluding carboxylic acids is 4. The lowest BCUT2D eigenvalue weighted by Gasteiger charge is -2.28. The van der Waals surface area contributed by atoms with Gasteiger partial charge >= 0.3 is 5.97 Å².